The molecule has 32 heavy (non-hydrogen) atoms. The molecule has 4 aromatic heterocycles. The second-order valence-electron chi connectivity index (χ2n) is 8.12. The Balaban J connectivity index is 1.44. The van der Waals surface area contributed by atoms with Gasteiger partial charge >= 0.3 is 0 Å². The number of aryl methyl sites for hydroxylation is 3. The first kappa shape index (κ1) is 19.9. The molecule has 0 aliphatic carbocycles. The molecule has 1 amide bonds. The molecule has 0 saturated heterocycles. The molecule has 11 nitrogen and oxygen atoms in total. The first-order valence-corrected chi connectivity index (χ1v) is 10.3. The Morgan fingerprint density at radius 3 is 2.81 bits per heavy atom. The van der Waals surface area contributed by atoms with Gasteiger partial charge in [-0.2, -0.15) is 5.10 Å². The zero-order chi connectivity index (χ0) is 22.4. The van der Waals surface area contributed by atoms with Crippen LogP contribution in [0.15, 0.2) is 36.9 Å². The SMILES string of the molecule is Cc1cnc(Nc2ccnn2C)nc1-c1cc2n(c1)CC(C)N(Cc1cn(C)nn1)C2=O. The van der Waals surface area contributed by atoms with Crippen LogP contribution in [0.5, 0.6) is 0 Å². The molecule has 5 heterocycles. The van der Waals surface area contributed by atoms with E-state index >= 15 is 0 Å². The van der Waals surface area contributed by atoms with Crippen molar-refractivity contribution in [1.82, 2.24) is 44.2 Å². The maximum Gasteiger partial charge on any atom is 0.271 e. The van der Waals surface area contributed by atoms with E-state index in [-0.39, 0.29) is 11.9 Å². The second kappa shape index (κ2) is 7.59. The summed E-state index contributed by atoms with van der Waals surface area (Å²) >= 11 is 0. The van der Waals surface area contributed by atoms with Gasteiger partial charge in [0.25, 0.3) is 5.91 Å². The zero-order valence-corrected chi connectivity index (χ0v) is 18.4. The summed E-state index contributed by atoms with van der Waals surface area (Å²) in [5, 5.41) is 15.4. The van der Waals surface area contributed by atoms with Gasteiger partial charge in [-0.25, -0.2) is 9.97 Å². The van der Waals surface area contributed by atoms with Gasteiger partial charge in [-0.1, -0.05) is 5.21 Å². The average molecular weight is 432 g/mol. The minimum atomic E-state index is -0.0272. The maximum atomic E-state index is 13.3. The van der Waals surface area contributed by atoms with Gasteiger partial charge in [0, 0.05) is 56.9 Å². The van der Waals surface area contributed by atoms with Gasteiger partial charge in [-0.05, 0) is 25.5 Å². The monoisotopic (exact) mass is 432 g/mol. The van der Waals surface area contributed by atoms with Gasteiger partial charge in [0.05, 0.1) is 18.4 Å². The molecule has 0 radical (unpaired) electrons. The van der Waals surface area contributed by atoms with E-state index < -0.39 is 0 Å². The molecular formula is C21H24N10O. The minimum Gasteiger partial charge on any atom is -0.341 e. The number of carbonyl (C=O) groups excluding carboxylic acids is 1. The number of carbonyl (C=O) groups is 1. The van der Waals surface area contributed by atoms with Crippen molar-refractivity contribution in [3.05, 3.63) is 53.9 Å². The fraction of sp³-hybridized carbons (Fsp3) is 0.333. The van der Waals surface area contributed by atoms with E-state index in [1.807, 2.05) is 61.9 Å². The number of nitrogens with zero attached hydrogens (tertiary/aromatic N) is 9. The van der Waals surface area contributed by atoms with Crippen molar-refractivity contribution in [2.75, 3.05) is 5.32 Å². The topological polar surface area (TPSA) is 112 Å². The highest BCUT2D eigenvalue weighted by Gasteiger charge is 2.31. The van der Waals surface area contributed by atoms with Gasteiger partial charge in [-0.3, -0.25) is 14.2 Å². The van der Waals surface area contributed by atoms with Crippen LogP contribution >= 0.6 is 0 Å². The lowest BCUT2D eigenvalue weighted by Crippen LogP contribution is -2.45. The van der Waals surface area contributed by atoms with E-state index in [1.165, 1.54) is 0 Å². The predicted octanol–water partition coefficient (Wildman–Crippen LogP) is 1.90. The van der Waals surface area contributed by atoms with Crippen LogP contribution < -0.4 is 5.32 Å². The van der Waals surface area contributed by atoms with Gasteiger partial charge in [0.1, 0.15) is 17.2 Å². The molecule has 5 rings (SSSR count). The molecule has 1 aliphatic heterocycles. The molecule has 1 atom stereocenters. The highest BCUT2D eigenvalue weighted by molar-refractivity contribution is 5.95. The Bertz CT molecular complexity index is 1300. The number of aromatic nitrogens is 8. The van der Waals surface area contributed by atoms with Crippen molar-refractivity contribution in [1.29, 1.82) is 0 Å². The molecule has 1 N–H and O–H groups in total. The van der Waals surface area contributed by atoms with Gasteiger partial charge < -0.3 is 14.8 Å². The first-order valence-electron chi connectivity index (χ1n) is 10.3. The second-order valence-corrected chi connectivity index (χ2v) is 8.12. The van der Waals surface area contributed by atoms with Crippen molar-refractivity contribution in [3.8, 4) is 11.3 Å². The molecule has 0 fully saturated rings. The van der Waals surface area contributed by atoms with E-state index in [9.17, 15) is 4.79 Å². The third-order valence-electron chi connectivity index (χ3n) is 5.66. The Hall–Kier alpha value is -4.02. The van der Waals surface area contributed by atoms with Crippen LogP contribution in [0.4, 0.5) is 11.8 Å². The largest absolute Gasteiger partial charge is 0.341 e. The van der Waals surface area contributed by atoms with E-state index in [0.29, 0.717) is 24.7 Å². The molecule has 4 aromatic rings. The Morgan fingerprint density at radius 2 is 2.09 bits per heavy atom. The van der Waals surface area contributed by atoms with Crippen LogP contribution in [0.2, 0.25) is 0 Å². The highest BCUT2D eigenvalue weighted by Crippen LogP contribution is 2.29. The Morgan fingerprint density at radius 1 is 1.25 bits per heavy atom. The van der Waals surface area contributed by atoms with Crippen LogP contribution in [0.3, 0.4) is 0 Å². The van der Waals surface area contributed by atoms with E-state index in [4.69, 9.17) is 4.98 Å². The minimum absolute atomic E-state index is 0.0272. The van der Waals surface area contributed by atoms with Crippen LogP contribution in [0.25, 0.3) is 11.3 Å². The van der Waals surface area contributed by atoms with E-state index in [0.717, 1.165) is 28.3 Å². The van der Waals surface area contributed by atoms with Crippen LogP contribution in [-0.2, 0) is 27.2 Å². The summed E-state index contributed by atoms with van der Waals surface area (Å²) in [5.74, 6) is 1.24. The van der Waals surface area contributed by atoms with Crippen LogP contribution in [-0.4, -0.2) is 56.2 Å². The molecule has 1 aliphatic rings. The van der Waals surface area contributed by atoms with Crippen LogP contribution in [0.1, 0.15) is 28.7 Å². The molecule has 164 valence electrons. The third kappa shape index (κ3) is 3.51. The fourth-order valence-electron chi connectivity index (χ4n) is 3.98. The van der Waals surface area contributed by atoms with E-state index in [1.54, 1.807) is 21.8 Å². The lowest BCUT2D eigenvalue weighted by atomic mass is 10.1. The summed E-state index contributed by atoms with van der Waals surface area (Å²) in [7, 11) is 3.66. The summed E-state index contributed by atoms with van der Waals surface area (Å²) in [6, 6.07) is 3.79. The zero-order valence-electron chi connectivity index (χ0n) is 18.4. The molecule has 0 saturated carbocycles. The number of hydrogen-bond acceptors (Lipinski definition) is 7. The number of nitrogens with one attached hydrogen (secondary N) is 1. The number of anilines is 2. The average Bonchev–Trinajstić information content (AvgIpc) is 3.47. The normalized spacial score (nSPS) is 15.8. The van der Waals surface area contributed by atoms with Gasteiger partial charge in [0.2, 0.25) is 5.95 Å². The third-order valence-corrected chi connectivity index (χ3v) is 5.66. The van der Waals surface area contributed by atoms with Crippen molar-refractivity contribution >= 4 is 17.7 Å². The van der Waals surface area contributed by atoms with Crippen LogP contribution in [0, 0.1) is 6.92 Å². The predicted molar refractivity (Wildman–Crippen MR) is 117 cm³/mol. The number of hydrogen-bond donors (Lipinski definition) is 1. The number of fused-ring (bicyclic) bond motifs is 1. The summed E-state index contributed by atoms with van der Waals surface area (Å²) in [6.45, 7) is 5.14. The van der Waals surface area contributed by atoms with Crippen molar-refractivity contribution in [2.24, 2.45) is 14.1 Å². The van der Waals surface area contributed by atoms with Gasteiger partial charge in [0.15, 0.2) is 0 Å². The summed E-state index contributed by atoms with van der Waals surface area (Å²) in [5.41, 5.74) is 4.01. The molecule has 0 spiro atoms. The Kier molecular flexibility index (Phi) is 4.72. The smallest absolute Gasteiger partial charge is 0.271 e. The highest BCUT2D eigenvalue weighted by atomic mass is 16.2. The lowest BCUT2D eigenvalue weighted by Gasteiger charge is -2.33. The molecule has 11 heteroatoms. The first-order chi connectivity index (χ1) is 15.4. The Labute approximate surface area is 184 Å². The maximum absolute atomic E-state index is 13.3. The fourth-order valence-corrected chi connectivity index (χ4v) is 3.98. The molecular weight excluding hydrogens is 408 g/mol. The van der Waals surface area contributed by atoms with Gasteiger partial charge in [-0.15, -0.1) is 5.10 Å². The number of amides is 1. The quantitative estimate of drug-likeness (QED) is 0.513. The van der Waals surface area contributed by atoms with Crippen molar-refractivity contribution in [3.63, 3.8) is 0 Å². The summed E-state index contributed by atoms with van der Waals surface area (Å²) in [6.07, 6.45) is 7.31. The number of rotatable bonds is 5. The standard InChI is InChI=1S/C21H24N10O/c1-13-8-22-21(24-18-5-6-23-29(18)4)25-19(13)15-7-17-20(32)31(14(2)9-30(17)10-15)12-16-11-28(3)27-26-16/h5-8,10-11,14H,9,12H2,1-4H3,(H,22,24,25). The molecule has 0 bridgehead atoms. The van der Waals surface area contributed by atoms with E-state index in [2.05, 4.69) is 25.7 Å². The summed E-state index contributed by atoms with van der Waals surface area (Å²) < 4.78 is 5.36. The molecule has 1 unspecified atom stereocenters. The summed E-state index contributed by atoms with van der Waals surface area (Å²) in [4.78, 5) is 24.2. The lowest BCUT2D eigenvalue weighted by molar-refractivity contribution is 0.0593. The van der Waals surface area contributed by atoms with Crippen molar-refractivity contribution < 1.29 is 4.79 Å². The molecule has 0 aromatic carbocycles. The van der Waals surface area contributed by atoms with Crippen molar-refractivity contribution in [2.45, 2.75) is 33.0 Å².